The lowest BCUT2D eigenvalue weighted by Crippen LogP contribution is -2.08. The molecule has 0 bridgehead atoms. The molecule has 14 heavy (non-hydrogen) atoms. The minimum absolute atomic E-state index is 0.143. The largest absolute Gasteiger partial charge is 0.475 e. The Hall–Kier alpha value is -1.32. The van der Waals surface area contributed by atoms with Crippen LogP contribution in [-0.2, 0) is 0 Å². The van der Waals surface area contributed by atoms with Crippen LogP contribution in [-0.4, -0.2) is 22.6 Å². The molecule has 0 saturated carbocycles. The Labute approximate surface area is 84.7 Å². The molecule has 0 aliphatic carbocycles. The Kier molecular flexibility index (Phi) is 4.16. The zero-order chi connectivity index (χ0) is 10.4. The van der Waals surface area contributed by atoms with Gasteiger partial charge in [0.1, 0.15) is 12.1 Å². The third-order valence-corrected chi connectivity index (χ3v) is 1.55. The third kappa shape index (κ3) is 3.60. The van der Waals surface area contributed by atoms with E-state index >= 15 is 0 Å². The van der Waals surface area contributed by atoms with Gasteiger partial charge in [-0.25, -0.2) is 9.97 Å². The Morgan fingerprint density at radius 2 is 2.21 bits per heavy atom. The topological polar surface area (TPSA) is 47.0 Å². The minimum atomic E-state index is 0.143. The Balaban J connectivity index is 2.59. The fourth-order valence-electron chi connectivity index (χ4n) is 0.995. The van der Waals surface area contributed by atoms with Crippen molar-refractivity contribution in [2.75, 3.05) is 11.9 Å². The molecule has 1 N–H and O–H groups in total. The van der Waals surface area contributed by atoms with Gasteiger partial charge >= 0.3 is 0 Å². The van der Waals surface area contributed by atoms with Crippen LogP contribution in [0.25, 0.3) is 0 Å². The fourth-order valence-corrected chi connectivity index (χ4v) is 0.995. The second kappa shape index (κ2) is 5.42. The van der Waals surface area contributed by atoms with Gasteiger partial charge in [0.15, 0.2) is 0 Å². The van der Waals surface area contributed by atoms with Crippen molar-refractivity contribution in [1.29, 1.82) is 0 Å². The summed E-state index contributed by atoms with van der Waals surface area (Å²) in [6.07, 6.45) is 2.73. The normalized spacial score (nSPS) is 10.3. The van der Waals surface area contributed by atoms with Crippen molar-refractivity contribution in [3.05, 3.63) is 12.4 Å². The molecule has 4 nitrogen and oxygen atoms in total. The maximum absolute atomic E-state index is 5.44. The van der Waals surface area contributed by atoms with Gasteiger partial charge < -0.3 is 10.1 Å². The number of nitrogens with one attached hydrogen (secondary N) is 1. The molecule has 0 aliphatic heterocycles. The molecule has 0 saturated heterocycles. The first-order valence-electron chi connectivity index (χ1n) is 4.95. The first-order valence-corrected chi connectivity index (χ1v) is 4.95. The second-order valence-corrected chi connectivity index (χ2v) is 3.33. The number of hydrogen-bond acceptors (Lipinski definition) is 4. The molecule has 4 heteroatoms. The Morgan fingerprint density at radius 1 is 1.43 bits per heavy atom. The zero-order valence-corrected chi connectivity index (χ0v) is 8.95. The van der Waals surface area contributed by atoms with Crippen molar-refractivity contribution in [3.8, 4) is 5.88 Å². The molecule has 78 valence electrons. The van der Waals surface area contributed by atoms with Gasteiger partial charge in [0.25, 0.3) is 0 Å². The van der Waals surface area contributed by atoms with Crippen molar-refractivity contribution in [3.63, 3.8) is 0 Å². The summed E-state index contributed by atoms with van der Waals surface area (Å²) >= 11 is 0. The molecule has 0 spiro atoms. The van der Waals surface area contributed by atoms with Gasteiger partial charge in [-0.2, -0.15) is 0 Å². The number of aromatic nitrogens is 2. The van der Waals surface area contributed by atoms with Crippen molar-refractivity contribution in [1.82, 2.24) is 9.97 Å². The molecule has 0 fully saturated rings. The van der Waals surface area contributed by atoms with Gasteiger partial charge in [-0.05, 0) is 20.3 Å². The smallest absolute Gasteiger partial charge is 0.218 e. The van der Waals surface area contributed by atoms with Crippen molar-refractivity contribution >= 4 is 5.82 Å². The maximum atomic E-state index is 5.44. The Bertz CT molecular complexity index is 276. The van der Waals surface area contributed by atoms with Gasteiger partial charge in [0.2, 0.25) is 5.88 Å². The lowest BCUT2D eigenvalue weighted by molar-refractivity contribution is 0.232. The van der Waals surface area contributed by atoms with E-state index in [1.807, 2.05) is 19.9 Å². The van der Waals surface area contributed by atoms with Gasteiger partial charge in [-0.15, -0.1) is 0 Å². The fraction of sp³-hybridized carbons (Fsp3) is 0.600. The van der Waals surface area contributed by atoms with E-state index in [0.29, 0.717) is 5.88 Å². The lowest BCUT2D eigenvalue weighted by Gasteiger charge is -2.09. The molecule has 0 aliphatic rings. The molecule has 0 amide bonds. The van der Waals surface area contributed by atoms with Crippen LogP contribution in [0.2, 0.25) is 0 Å². The number of nitrogens with zero attached hydrogens (tertiary/aromatic N) is 2. The number of hydrogen-bond donors (Lipinski definition) is 1. The van der Waals surface area contributed by atoms with Crippen molar-refractivity contribution in [2.24, 2.45) is 0 Å². The SMILES string of the molecule is CCCNc1cc(OC(C)C)ncn1. The average Bonchev–Trinajstić information content (AvgIpc) is 2.14. The molecule has 0 unspecified atom stereocenters. The van der Waals surface area contributed by atoms with Gasteiger partial charge in [-0.1, -0.05) is 6.92 Å². The molecule has 0 aromatic carbocycles. The van der Waals surface area contributed by atoms with Crippen LogP contribution in [0.1, 0.15) is 27.2 Å². The van der Waals surface area contributed by atoms with Gasteiger partial charge in [0.05, 0.1) is 6.10 Å². The predicted octanol–water partition coefficient (Wildman–Crippen LogP) is 2.09. The van der Waals surface area contributed by atoms with E-state index in [1.165, 1.54) is 6.33 Å². The third-order valence-electron chi connectivity index (χ3n) is 1.55. The summed E-state index contributed by atoms with van der Waals surface area (Å²) in [7, 11) is 0. The molecule has 0 radical (unpaired) electrons. The van der Waals surface area contributed by atoms with Crippen LogP contribution in [0.3, 0.4) is 0 Å². The van der Waals surface area contributed by atoms with Crippen LogP contribution < -0.4 is 10.1 Å². The molecule has 1 aromatic rings. The standard InChI is InChI=1S/C10H17N3O/c1-4-5-11-9-6-10(13-7-12-9)14-8(2)3/h6-8H,4-5H2,1-3H3,(H,11,12,13). The molecular weight excluding hydrogens is 178 g/mol. The second-order valence-electron chi connectivity index (χ2n) is 3.33. The Morgan fingerprint density at radius 3 is 2.86 bits per heavy atom. The monoisotopic (exact) mass is 195 g/mol. The highest BCUT2D eigenvalue weighted by atomic mass is 16.5. The van der Waals surface area contributed by atoms with Crippen LogP contribution in [0.5, 0.6) is 5.88 Å². The van der Waals surface area contributed by atoms with Crippen molar-refractivity contribution < 1.29 is 4.74 Å². The first-order chi connectivity index (χ1) is 6.72. The van der Waals surface area contributed by atoms with E-state index in [2.05, 4.69) is 22.2 Å². The highest BCUT2D eigenvalue weighted by Gasteiger charge is 2.00. The average molecular weight is 195 g/mol. The van der Waals surface area contributed by atoms with Crippen LogP contribution >= 0.6 is 0 Å². The summed E-state index contributed by atoms with van der Waals surface area (Å²) in [6, 6.07) is 1.82. The zero-order valence-electron chi connectivity index (χ0n) is 8.95. The maximum Gasteiger partial charge on any atom is 0.218 e. The summed E-state index contributed by atoms with van der Waals surface area (Å²) < 4.78 is 5.44. The molecule has 1 heterocycles. The quantitative estimate of drug-likeness (QED) is 0.781. The van der Waals surface area contributed by atoms with E-state index in [1.54, 1.807) is 0 Å². The molecule has 1 aromatic heterocycles. The predicted molar refractivity (Wildman–Crippen MR) is 56.6 cm³/mol. The van der Waals surface area contributed by atoms with Crippen LogP contribution in [0.4, 0.5) is 5.82 Å². The highest BCUT2D eigenvalue weighted by molar-refractivity contribution is 5.36. The lowest BCUT2D eigenvalue weighted by atomic mass is 10.4. The first kappa shape index (κ1) is 10.8. The van der Waals surface area contributed by atoms with E-state index in [-0.39, 0.29) is 6.10 Å². The molecule has 1 rings (SSSR count). The summed E-state index contributed by atoms with van der Waals surface area (Å²) in [5, 5.41) is 3.18. The van der Waals surface area contributed by atoms with Crippen molar-refractivity contribution in [2.45, 2.75) is 33.3 Å². The van der Waals surface area contributed by atoms with Gasteiger partial charge in [0, 0.05) is 12.6 Å². The van der Waals surface area contributed by atoms with E-state index in [9.17, 15) is 0 Å². The number of anilines is 1. The van der Waals surface area contributed by atoms with E-state index in [4.69, 9.17) is 4.74 Å². The summed E-state index contributed by atoms with van der Waals surface area (Å²) in [5.41, 5.74) is 0. The summed E-state index contributed by atoms with van der Waals surface area (Å²) in [5.74, 6) is 1.44. The molecular formula is C10H17N3O. The van der Waals surface area contributed by atoms with Crippen LogP contribution in [0.15, 0.2) is 12.4 Å². The van der Waals surface area contributed by atoms with E-state index in [0.717, 1.165) is 18.8 Å². The van der Waals surface area contributed by atoms with E-state index < -0.39 is 0 Å². The summed E-state index contributed by atoms with van der Waals surface area (Å²) in [4.78, 5) is 8.10. The van der Waals surface area contributed by atoms with Gasteiger partial charge in [-0.3, -0.25) is 0 Å². The van der Waals surface area contributed by atoms with Crippen LogP contribution in [0, 0.1) is 0 Å². The molecule has 0 atom stereocenters. The highest BCUT2D eigenvalue weighted by Crippen LogP contribution is 2.12. The number of ether oxygens (including phenoxy) is 1. The minimum Gasteiger partial charge on any atom is -0.475 e. The number of rotatable bonds is 5. The summed E-state index contributed by atoms with van der Waals surface area (Å²) in [6.45, 7) is 6.97.